The van der Waals surface area contributed by atoms with Crippen LogP contribution in [0.5, 0.6) is 0 Å². The van der Waals surface area contributed by atoms with Crippen LogP contribution in [0.1, 0.15) is 65.2 Å². The fourth-order valence-electron chi connectivity index (χ4n) is 4.57. The molecule has 90 valence electrons. The summed E-state index contributed by atoms with van der Waals surface area (Å²) < 4.78 is 0. The van der Waals surface area contributed by atoms with Gasteiger partial charge in [0.1, 0.15) is 5.78 Å². The van der Waals surface area contributed by atoms with E-state index in [1.165, 1.54) is 38.5 Å². The number of carbonyl (C=O) groups is 1. The molecule has 2 heteroatoms. The van der Waals surface area contributed by atoms with Crippen molar-refractivity contribution in [1.29, 1.82) is 0 Å². The van der Waals surface area contributed by atoms with Crippen molar-refractivity contribution in [2.75, 3.05) is 0 Å². The molecule has 1 heterocycles. The molecule has 0 aromatic rings. The minimum Gasteiger partial charge on any atom is -0.300 e. The number of hydrogen-bond donors (Lipinski definition) is 0. The molecule has 3 fully saturated rings. The quantitative estimate of drug-likeness (QED) is 0.629. The Bertz CT molecular complexity index is 287. The van der Waals surface area contributed by atoms with Gasteiger partial charge in [-0.25, -0.2) is 0 Å². The lowest BCUT2D eigenvalue weighted by molar-refractivity contribution is -0.122. The largest absolute Gasteiger partial charge is 0.300 e. The lowest BCUT2D eigenvalue weighted by atomic mass is 9.74. The van der Waals surface area contributed by atoms with Crippen LogP contribution in [0.4, 0.5) is 0 Å². The zero-order chi connectivity index (χ0) is 11.4. The van der Waals surface area contributed by atoms with E-state index >= 15 is 0 Å². The Kier molecular flexibility index (Phi) is 2.48. The van der Waals surface area contributed by atoms with Crippen LogP contribution in [-0.2, 0) is 4.79 Å². The van der Waals surface area contributed by atoms with E-state index in [2.05, 4.69) is 13.8 Å². The first kappa shape index (κ1) is 11.2. The summed E-state index contributed by atoms with van der Waals surface area (Å²) in [6, 6.07) is 0. The second kappa shape index (κ2) is 3.55. The molecule has 0 unspecified atom stereocenters. The van der Waals surface area contributed by atoms with Crippen LogP contribution in [0, 0.1) is 0 Å². The molecule has 1 aliphatic heterocycles. The molecule has 0 radical (unpaired) electrons. The van der Waals surface area contributed by atoms with Crippen molar-refractivity contribution in [2.45, 2.75) is 81.2 Å². The van der Waals surface area contributed by atoms with Crippen LogP contribution in [0.15, 0.2) is 0 Å². The van der Waals surface area contributed by atoms with Crippen LogP contribution < -0.4 is 0 Å². The molecule has 0 atom stereocenters. The smallest absolute Gasteiger partial charge is 0.134 e. The van der Waals surface area contributed by atoms with Gasteiger partial charge in [0.25, 0.3) is 0 Å². The molecular formula is C14H23OP. The van der Waals surface area contributed by atoms with Gasteiger partial charge in [0, 0.05) is 12.8 Å². The van der Waals surface area contributed by atoms with Gasteiger partial charge in [-0.15, -0.1) is 0 Å². The molecule has 0 aromatic heterocycles. The maximum atomic E-state index is 12.1. The van der Waals surface area contributed by atoms with Gasteiger partial charge in [0.2, 0.25) is 0 Å². The summed E-state index contributed by atoms with van der Waals surface area (Å²) in [6.07, 6.45) is 10.1. The van der Waals surface area contributed by atoms with Gasteiger partial charge >= 0.3 is 0 Å². The standard InChI is InChI=1S/C14H23OP/c1-11(2)16-13(5-3-6-13)9-12(15)10-14(16)7-4-8-14/h11H,3-10H2,1-2H3. The van der Waals surface area contributed by atoms with Gasteiger partial charge in [-0.1, -0.05) is 34.6 Å². The Morgan fingerprint density at radius 1 is 1.00 bits per heavy atom. The molecule has 3 rings (SSSR count). The van der Waals surface area contributed by atoms with Gasteiger partial charge < -0.3 is 0 Å². The van der Waals surface area contributed by atoms with Gasteiger partial charge in [-0.2, -0.15) is 0 Å². The molecule has 2 aliphatic carbocycles. The first-order valence-electron chi connectivity index (χ1n) is 6.89. The highest BCUT2D eigenvalue weighted by Crippen LogP contribution is 2.78. The van der Waals surface area contributed by atoms with Crippen molar-refractivity contribution < 1.29 is 4.79 Å². The van der Waals surface area contributed by atoms with Gasteiger partial charge in [0.15, 0.2) is 0 Å². The molecule has 1 saturated heterocycles. The molecule has 0 aromatic carbocycles. The van der Waals surface area contributed by atoms with E-state index in [4.69, 9.17) is 0 Å². The minimum atomic E-state index is 0.104. The number of carbonyl (C=O) groups excluding carboxylic acids is 1. The van der Waals surface area contributed by atoms with Crippen molar-refractivity contribution >= 4 is 13.7 Å². The summed E-state index contributed by atoms with van der Waals surface area (Å²) in [5.74, 6) is 0.596. The fourth-order valence-corrected chi connectivity index (χ4v) is 10.1. The number of Topliss-reactive ketones (excluding diaryl/α,β-unsaturated/α-hetero) is 1. The Morgan fingerprint density at radius 3 is 1.69 bits per heavy atom. The van der Waals surface area contributed by atoms with Crippen molar-refractivity contribution in [2.24, 2.45) is 0 Å². The lowest BCUT2D eigenvalue weighted by Crippen LogP contribution is -2.54. The zero-order valence-electron chi connectivity index (χ0n) is 10.6. The van der Waals surface area contributed by atoms with Gasteiger partial charge in [0.05, 0.1) is 0 Å². The second-order valence-electron chi connectivity index (χ2n) is 6.51. The maximum Gasteiger partial charge on any atom is 0.134 e. The third-order valence-corrected chi connectivity index (χ3v) is 9.45. The molecule has 2 saturated carbocycles. The van der Waals surface area contributed by atoms with E-state index in [0.29, 0.717) is 16.1 Å². The average Bonchev–Trinajstić information content (AvgIpc) is 2.10. The van der Waals surface area contributed by atoms with E-state index in [0.717, 1.165) is 18.5 Å². The fraction of sp³-hybridized carbons (Fsp3) is 0.929. The molecule has 0 N–H and O–H groups in total. The van der Waals surface area contributed by atoms with E-state index < -0.39 is 0 Å². The van der Waals surface area contributed by atoms with E-state index in [-0.39, 0.29) is 7.92 Å². The summed E-state index contributed by atoms with van der Waals surface area (Å²) >= 11 is 0. The van der Waals surface area contributed by atoms with Gasteiger partial charge in [-0.3, -0.25) is 4.79 Å². The highest BCUT2D eigenvalue weighted by Gasteiger charge is 2.60. The van der Waals surface area contributed by atoms with Crippen molar-refractivity contribution in [3.05, 3.63) is 0 Å². The second-order valence-corrected chi connectivity index (χ2v) is 10.2. The summed E-state index contributed by atoms with van der Waals surface area (Å²) in [7, 11) is 0.104. The Hall–Kier alpha value is 0.100. The minimum absolute atomic E-state index is 0.104. The number of ketones is 1. The van der Waals surface area contributed by atoms with Crippen LogP contribution in [0.2, 0.25) is 0 Å². The highest BCUT2D eigenvalue weighted by molar-refractivity contribution is 7.62. The molecule has 3 aliphatic rings. The average molecular weight is 238 g/mol. The van der Waals surface area contributed by atoms with Gasteiger partial charge in [-0.05, 0) is 41.7 Å². The Morgan fingerprint density at radius 2 is 1.44 bits per heavy atom. The molecule has 1 nitrogen and oxygen atoms in total. The van der Waals surface area contributed by atoms with E-state index in [1.54, 1.807) is 0 Å². The third kappa shape index (κ3) is 1.37. The molecule has 16 heavy (non-hydrogen) atoms. The predicted octanol–water partition coefficient (Wildman–Crippen LogP) is 4.09. The SMILES string of the molecule is CC(C)P1C2(CCC2)CC(=O)CC12CCC2. The summed E-state index contributed by atoms with van der Waals surface area (Å²) in [6.45, 7) is 4.84. The van der Waals surface area contributed by atoms with Crippen molar-refractivity contribution in [3.8, 4) is 0 Å². The monoisotopic (exact) mass is 238 g/mol. The van der Waals surface area contributed by atoms with E-state index in [1.807, 2.05) is 0 Å². The summed E-state index contributed by atoms with van der Waals surface area (Å²) in [5, 5.41) is 1.03. The first-order valence-corrected chi connectivity index (χ1v) is 8.30. The van der Waals surface area contributed by atoms with Crippen LogP contribution in [-0.4, -0.2) is 21.8 Å². The molecule has 0 amide bonds. The van der Waals surface area contributed by atoms with Crippen molar-refractivity contribution in [3.63, 3.8) is 0 Å². The van der Waals surface area contributed by atoms with Crippen LogP contribution in [0.25, 0.3) is 0 Å². The topological polar surface area (TPSA) is 17.1 Å². The third-order valence-electron chi connectivity index (χ3n) is 5.16. The molecular weight excluding hydrogens is 215 g/mol. The number of rotatable bonds is 1. The summed E-state index contributed by atoms with van der Waals surface area (Å²) in [5.41, 5.74) is 0.837. The Labute approximate surface area is 100 Å². The number of hydrogen-bond acceptors (Lipinski definition) is 1. The van der Waals surface area contributed by atoms with Crippen molar-refractivity contribution in [1.82, 2.24) is 0 Å². The maximum absolute atomic E-state index is 12.1. The highest BCUT2D eigenvalue weighted by atomic mass is 31.1. The van der Waals surface area contributed by atoms with Crippen LogP contribution in [0.3, 0.4) is 0 Å². The van der Waals surface area contributed by atoms with Crippen LogP contribution >= 0.6 is 7.92 Å². The lowest BCUT2D eigenvalue weighted by Gasteiger charge is -2.63. The first-order chi connectivity index (χ1) is 7.58. The molecule has 0 bridgehead atoms. The normalized spacial score (nSPS) is 31.8. The predicted molar refractivity (Wildman–Crippen MR) is 69.5 cm³/mol. The zero-order valence-corrected chi connectivity index (χ0v) is 11.5. The Balaban J connectivity index is 1.95. The molecule has 2 spiro atoms. The van der Waals surface area contributed by atoms with E-state index in [9.17, 15) is 4.79 Å². The summed E-state index contributed by atoms with van der Waals surface area (Å²) in [4.78, 5) is 12.1.